The first-order valence-electron chi connectivity index (χ1n) is 12.0. The summed E-state index contributed by atoms with van der Waals surface area (Å²) in [6.07, 6.45) is 2.49. The molecule has 2 atom stereocenters. The van der Waals surface area contributed by atoms with Gasteiger partial charge in [0.15, 0.2) is 5.82 Å². The van der Waals surface area contributed by atoms with Crippen LogP contribution in [0.25, 0.3) is 22.3 Å². The Morgan fingerprint density at radius 3 is 2.83 bits per heavy atom. The van der Waals surface area contributed by atoms with Crippen molar-refractivity contribution >= 4 is 34.5 Å². The fourth-order valence-electron chi connectivity index (χ4n) is 4.83. The number of aliphatic hydroxyl groups is 1. The molecule has 35 heavy (non-hydrogen) atoms. The molecule has 5 rings (SSSR count). The van der Waals surface area contributed by atoms with Gasteiger partial charge in [0.05, 0.1) is 47.9 Å². The van der Waals surface area contributed by atoms with Gasteiger partial charge in [0.2, 0.25) is 11.9 Å². The van der Waals surface area contributed by atoms with Gasteiger partial charge in [-0.15, -0.1) is 0 Å². The highest BCUT2D eigenvalue weighted by atomic mass is 35.5. The fourth-order valence-corrected chi connectivity index (χ4v) is 5.03. The summed E-state index contributed by atoms with van der Waals surface area (Å²) in [5.41, 5.74) is 1.99. The van der Waals surface area contributed by atoms with E-state index < -0.39 is 11.9 Å². The molecule has 2 aliphatic heterocycles. The van der Waals surface area contributed by atoms with Crippen LogP contribution in [0.5, 0.6) is 0 Å². The lowest BCUT2D eigenvalue weighted by molar-refractivity contribution is -0.0136. The number of rotatable bonds is 5. The summed E-state index contributed by atoms with van der Waals surface area (Å²) in [4.78, 5) is 18.0. The molecule has 0 amide bonds. The molecule has 2 fully saturated rings. The summed E-state index contributed by atoms with van der Waals surface area (Å²) < 4.78 is 22.8. The maximum atomic E-state index is 15.4. The molecule has 2 saturated heterocycles. The van der Waals surface area contributed by atoms with Gasteiger partial charge in [-0.1, -0.05) is 11.6 Å². The number of ether oxygens (including phenoxy) is 1. The molecule has 3 aromatic rings. The number of anilines is 2. The zero-order valence-electron chi connectivity index (χ0n) is 20.2. The van der Waals surface area contributed by atoms with E-state index >= 15 is 4.39 Å². The van der Waals surface area contributed by atoms with Crippen LogP contribution >= 0.6 is 11.6 Å². The van der Waals surface area contributed by atoms with Gasteiger partial charge in [0.1, 0.15) is 5.52 Å². The van der Waals surface area contributed by atoms with E-state index in [9.17, 15) is 5.11 Å². The van der Waals surface area contributed by atoms with E-state index in [0.29, 0.717) is 46.3 Å². The number of aliphatic hydroxyl groups excluding tert-OH is 1. The van der Waals surface area contributed by atoms with Crippen LogP contribution in [0.2, 0.25) is 5.02 Å². The average molecular weight is 504 g/mol. The maximum absolute atomic E-state index is 15.4. The lowest BCUT2D eigenvalue weighted by Crippen LogP contribution is -2.44. The molecule has 2 N–H and O–H groups in total. The summed E-state index contributed by atoms with van der Waals surface area (Å²) >= 11 is 6.47. The molecule has 2 aromatic heterocycles. The molecule has 11 heteroatoms. The van der Waals surface area contributed by atoms with Gasteiger partial charge >= 0.3 is 0 Å². The van der Waals surface area contributed by atoms with E-state index in [4.69, 9.17) is 21.3 Å². The molecule has 0 aliphatic carbocycles. The first-order valence-corrected chi connectivity index (χ1v) is 12.4. The van der Waals surface area contributed by atoms with Gasteiger partial charge in [0.25, 0.3) is 0 Å². The number of nitrogens with zero attached hydrogens (tertiary/aromatic N) is 6. The quantitative estimate of drug-likeness (QED) is 0.546. The molecular weight excluding hydrogens is 473 g/mol. The first kappa shape index (κ1) is 24.2. The molecule has 0 spiro atoms. The highest BCUT2D eigenvalue weighted by Crippen LogP contribution is 2.35. The monoisotopic (exact) mass is 503 g/mol. The molecule has 0 unspecified atom stereocenters. The van der Waals surface area contributed by atoms with E-state index in [-0.39, 0.29) is 18.7 Å². The normalized spacial score (nSPS) is 21.7. The molecule has 1 aromatic carbocycles. The van der Waals surface area contributed by atoms with Crippen molar-refractivity contribution in [3.05, 3.63) is 29.2 Å². The van der Waals surface area contributed by atoms with E-state index in [1.54, 1.807) is 0 Å². The Morgan fingerprint density at radius 2 is 2.09 bits per heavy atom. The van der Waals surface area contributed by atoms with E-state index in [0.717, 1.165) is 32.1 Å². The molecule has 188 valence electrons. The van der Waals surface area contributed by atoms with Gasteiger partial charge in [-0.3, -0.25) is 4.90 Å². The van der Waals surface area contributed by atoms with E-state index in [1.807, 2.05) is 6.07 Å². The summed E-state index contributed by atoms with van der Waals surface area (Å²) in [5, 5.41) is 13.7. The number of benzene rings is 1. The first-order chi connectivity index (χ1) is 16.8. The third kappa shape index (κ3) is 4.80. The zero-order chi connectivity index (χ0) is 24.7. The van der Waals surface area contributed by atoms with Gasteiger partial charge in [-0.25, -0.2) is 19.3 Å². The van der Waals surface area contributed by atoms with Crippen molar-refractivity contribution in [3.8, 4) is 11.3 Å². The van der Waals surface area contributed by atoms with Gasteiger partial charge < -0.3 is 24.6 Å². The number of aromatic nitrogens is 4. The summed E-state index contributed by atoms with van der Waals surface area (Å²) in [6, 6.07) is 3.16. The minimum Gasteiger partial charge on any atom is -0.389 e. The average Bonchev–Trinajstić information content (AvgIpc) is 3.22. The highest BCUT2D eigenvalue weighted by molar-refractivity contribution is 6.33. The third-order valence-corrected chi connectivity index (χ3v) is 6.84. The van der Waals surface area contributed by atoms with Crippen LogP contribution in [-0.4, -0.2) is 81.7 Å². The molecule has 9 nitrogen and oxygen atoms in total. The van der Waals surface area contributed by atoms with Crippen LogP contribution in [0, 0.1) is 5.82 Å². The van der Waals surface area contributed by atoms with Crippen molar-refractivity contribution in [1.82, 2.24) is 24.4 Å². The Bertz CT molecular complexity index is 1220. The van der Waals surface area contributed by atoms with Crippen LogP contribution in [0.3, 0.4) is 0 Å². The fraction of sp³-hybridized carbons (Fsp3) is 0.542. The van der Waals surface area contributed by atoms with Crippen molar-refractivity contribution in [2.24, 2.45) is 0 Å². The minimum atomic E-state index is -0.659. The molecule has 2 aliphatic rings. The van der Waals surface area contributed by atoms with Crippen LogP contribution in [0.15, 0.2) is 18.3 Å². The van der Waals surface area contributed by atoms with Crippen LogP contribution in [0.4, 0.5) is 16.3 Å². The highest BCUT2D eigenvalue weighted by Gasteiger charge is 2.26. The number of hydrogen-bond donors (Lipinski definition) is 2. The number of halogens is 2. The molecule has 0 bridgehead atoms. The Balaban J connectivity index is 1.55. The van der Waals surface area contributed by atoms with Gasteiger partial charge in [-0.05, 0) is 45.9 Å². The second kappa shape index (κ2) is 9.85. The standard InChI is InChI=1S/C24H31ClFN7O2/c1-14(2)33-19-10-15(9-17(26)22(19)30-24(33)32-7-4-6-31(3)13-32)21-16(25)11-27-23(29-21)28-18-5-8-35-12-20(18)34/h9-11,14,18,20,34H,4-8,12-13H2,1-3H3,(H,27,28,29)/t18-,20-/m1/s1. The van der Waals surface area contributed by atoms with Crippen LogP contribution < -0.4 is 10.2 Å². The topological polar surface area (TPSA) is 91.6 Å². The third-order valence-electron chi connectivity index (χ3n) is 6.57. The molecule has 4 heterocycles. The predicted octanol–water partition coefficient (Wildman–Crippen LogP) is 3.53. The van der Waals surface area contributed by atoms with Crippen molar-refractivity contribution in [2.45, 2.75) is 44.9 Å². The van der Waals surface area contributed by atoms with E-state index in [2.05, 4.69) is 50.5 Å². The zero-order valence-corrected chi connectivity index (χ0v) is 21.0. The molecule has 0 radical (unpaired) electrons. The molecular formula is C24H31ClFN7O2. The summed E-state index contributed by atoms with van der Waals surface area (Å²) in [6.45, 7) is 7.60. The van der Waals surface area contributed by atoms with Crippen LogP contribution in [0.1, 0.15) is 32.7 Å². The lowest BCUT2D eigenvalue weighted by Gasteiger charge is -2.34. The predicted molar refractivity (Wildman–Crippen MR) is 134 cm³/mol. The van der Waals surface area contributed by atoms with Crippen molar-refractivity contribution in [2.75, 3.05) is 50.2 Å². The van der Waals surface area contributed by atoms with Gasteiger partial charge in [-0.2, -0.15) is 0 Å². The lowest BCUT2D eigenvalue weighted by atomic mass is 10.1. The summed E-state index contributed by atoms with van der Waals surface area (Å²) in [5.74, 6) is 0.667. The number of fused-ring (bicyclic) bond motifs is 1. The Labute approximate surface area is 208 Å². The Morgan fingerprint density at radius 1 is 1.26 bits per heavy atom. The second-order valence-corrected chi connectivity index (χ2v) is 10.0. The number of hydrogen-bond acceptors (Lipinski definition) is 8. The SMILES string of the molecule is CC(C)n1c(N2CCCN(C)C2)nc2c(F)cc(-c3nc(N[C@@H]4CCOC[C@H]4O)ncc3Cl)cc21. The summed E-state index contributed by atoms with van der Waals surface area (Å²) in [7, 11) is 2.08. The second-order valence-electron chi connectivity index (χ2n) is 9.61. The largest absolute Gasteiger partial charge is 0.389 e. The maximum Gasteiger partial charge on any atom is 0.223 e. The van der Waals surface area contributed by atoms with Crippen molar-refractivity contribution < 1.29 is 14.2 Å². The Hall–Kier alpha value is -2.53. The van der Waals surface area contributed by atoms with Crippen LogP contribution in [-0.2, 0) is 4.74 Å². The molecule has 0 saturated carbocycles. The van der Waals surface area contributed by atoms with Gasteiger partial charge in [0, 0.05) is 31.3 Å². The number of imidazole rings is 1. The van der Waals surface area contributed by atoms with E-state index in [1.165, 1.54) is 12.3 Å². The van der Waals surface area contributed by atoms with Crippen molar-refractivity contribution in [3.63, 3.8) is 0 Å². The minimum absolute atomic E-state index is 0.0741. The van der Waals surface area contributed by atoms with Crippen molar-refractivity contribution in [1.29, 1.82) is 0 Å². The smallest absolute Gasteiger partial charge is 0.223 e. The Kier molecular flexibility index (Phi) is 6.80. The number of nitrogens with one attached hydrogen (secondary N) is 1.